The van der Waals surface area contributed by atoms with Crippen molar-refractivity contribution in [2.24, 2.45) is 11.5 Å². The molecule has 0 aromatic rings. The molecule has 0 aromatic heterocycles. The van der Waals surface area contributed by atoms with Crippen LogP contribution in [-0.4, -0.2) is 22.4 Å². The van der Waals surface area contributed by atoms with E-state index >= 15 is 0 Å². The topological polar surface area (TPSA) is 101 Å². The molecular formula is C13H18N4O2. The number of hydrogen-bond acceptors (Lipinski definition) is 4. The zero-order valence-corrected chi connectivity index (χ0v) is 10.7. The van der Waals surface area contributed by atoms with Crippen molar-refractivity contribution in [3.05, 3.63) is 36.2 Å². The predicted octanol–water partition coefficient (Wildman–Crippen LogP) is 0.0438. The highest BCUT2D eigenvalue weighted by atomic mass is 16.2. The van der Waals surface area contributed by atoms with Crippen LogP contribution < -0.4 is 16.9 Å². The Balaban J connectivity index is 2.23. The Hall–Kier alpha value is -2.08. The lowest BCUT2D eigenvalue weighted by molar-refractivity contribution is -0.117. The van der Waals surface area contributed by atoms with Crippen LogP contribution in [0.5, 0.6) is 0 Å². The number of nitrogens with two attached hydrogens (primary N) is 2. The van der Waals surface area contributed by atoms with E-state index in [0.717, 1.165) is 19.3 Å². The van der Waals surface area contributed by atoms with Crippen molar-refractivity contribution < 1.29 is 9.59 Å². The summed E-state index contributed by atoms with van der Waals surface area (Å²) in [5.74, 6) is -1.06. The second kappa shape index (κ2) is 4.89. The average molecular weight is 262 g/mol. The molecule has 2 aliphatic rings. The summed E-state index contributed by atoms with van der Waals surface area (Å²) in [5, 5.41) is 1.49. The highest BCUT2D eigenvalue weighted by molar-refractivity contribution is 5.95. The molecule has 19 heavy (non-hydrogen) atoms. The molecule has 1 saturated carbocycles. The van der Waals surface area contributed by atoms with E-state index in [2.05, 4.69) is 12.0 Å². The van der Waals surface area contributed by atoms with Gasteiger partial charge < -0.3 is 11.5 Å². The Labute approximate surface area is 111 Å². The lowest BCUT2D eigenvalue weighted by Crippen LogP contribution is -2.56. The second-order valence-electron chi connectivity index (χ2n) is 4.87. The second-order valence-corrected chi connectivity index (χ2v) is 4.87. The van der Waals surface area contributed by atoms with Gasteiger partial charge in [0.2, 0.25) is 5.91 Å². The van der Waals surface area contributed by atoms with Gasteiger partial charge in [-0.05, 0) is 31.8 Å². The number of carbonyl (C=O) groups is 2. The van der Waals surface area contributed by atoms with Gasteiger partial charge in [0.25, 0.3) is 5.91 Å². The van der Waals surface area contributed by atoms with Gasteiger partial charge in [0.15, 0.2) is 0 Å². The molecular weight excluding hydrogens is 244 g/mol. The van der Waals surface area contributed by atoms with Crippen LogP contribution in [-0.2, 0) is 9.59 Å². The smallest absolute Gasteiger partial charge is 0.266 e. The third kappa shape index (κ3) is 2.53. The molecule has 0 radical (unpaired) electrons. The first-order valence-corrected chi connectivity index (χ1v) is 6.18. The van der Waals surface area contributed by atoms with Crippen molar-refractivity contribution >= 4 is 11.8 Å². The molecule has 1 fully saturated rings. The average Bonchev–Trinajstić information content (AvgIpc) is 2.33. The SMILES string of the molecule is C=CC1(NN2C=C(C(N)=O)CC=C2C(N)=O)CCC1. The van der Waals surface area contributed by atoms with E-state index in [1.54, 1.807) is 6.08 Å². The van der Waals surface area contributed by atoms with Crippen LogP contribution >= 0.6 is 0 Å². The Morgan fingerprint density at radius 1 is 1.37 bits per heavy atom. The summed E-state index contributed by atoms with van der Waals surface area (Å²) in [5.41, 5.74) is 14.3. The van der Waals surface area contributed by atoms with Gasteiger partial charge in [-0.25, -0.2) is 5.43 Å². The number of nitrogens with zero attached hydrogens (tertiary/aromatic N) is 1. The van der Waals surface area contributed by atoms with E-state index in [1.165, 1.54) is 11.2 Å². The van der Waals surface area contributed by atoms with E-state index < -0.39 is 11.8 Å². The Morgan fingerprint density at radius 2 is 2.05 bits per heavy atom. The normalized spacial score (nSPS) is 20.9. The number of allylic oxidation sites excluding steroid dienone is 1. The lowest BCUT2D eigenvalue weighted by Gasteiger charge is -2.44. The summed E-state index contributed by atoms with van der Waals surface area (Å²) in [6.07, 6.45) is 8.22. The third-order valence-electron chi connectivity index (χ3n) is 3.61. The summed E-state index contributed by atoms with van der Waals surface area (Å²) in [6.45, 7) is 3.81. The summed E-state index contributed by atoms with van der Waals surface area (Å²) < 4.78 is 0. The van der Waals surface area contributed by atoms with Gasteiger partial charge in [-0.2, -0.15) is 0 Å². The van der Waals surface area contributed by atoms with Gasteiger partial charge in [0, 0.05) is 11.8 Å². The van der Waals surface area contributed by atoms with E-state index in [-0.39, 0.29) is 5.54 Å². The molecule has 0 spiro atoms. The largest absolute Gasteiger partial charge is 0.366 e. The number of rotatable bonds is 5. The first-order chi connectivity index (χ1) is 8.97. The fourth-order valence-corrected chi connectivity index (χ4v) is 2.22. The first kappa shape index (κ1) is 13.4. The Morgan fingerprint density at radius 3 is 2.47 bits per heavy atom. The van der Waals surface area contributed by atoms with E-state index in [1.807, 2.05) is 6.08 Å². The van der Waals surface area contributed by atoms with Crippen molar-refractivity contribution in [1.82, 2.24) is 10.4 Å². The maximum Gasteiger partial charge on any atom is 0.266 e. The number of primary amides is 2. The van der Waals surface area contributed by atoms with Crippen LogP contribution in [0.1, 0.15) is 25.7 Å². The van der Waals surface area contributed by atoms with Gasteiger partial charge >= 0.3 is 0 Å². The van der Waals surface area contributed by atoms with Crippen molar-refractivity contribution in [1.29, 1.82) is 0 Å². The molecule has 102 valence electrons. The highest BCUT2D eigenvalue weighted by Crippen LogP contribution is 2.34. The summed E-state index contributed by atoms with van der Waals surface area (Å²) in [4.78, 5) is 22.7. The van der Waals surface area contributed by atoms with Crippen LogP contribution in [0.15, 0.2) is 36.2 Å². The van der Waals surface area contributed by atoms with Crippen molar-refractivity contribution in [3.63, 3.8) is 0 Å². The Bertz CT molecular complexity index is 489. The molecule has 1 heterocycles. The lowest BCUT2D eigenvalue weighted by atomic mass is 9.77. The molecule has 1 aliphatic heterocycles. The quantitative estimate of drug-likeness (QED) is 0.609. The molecule has 5 N–H and O–H groups in total. The number of nitrogens with one attached hydrogen (secondary N) is 1. The molecule has 2 rings (SSSR count). The minimum Gasteiger partial charge on any atom is -0.366 e. The van der Waals surface area contributed by atoms with Crippen molar-refractivity contribution in [2.75, 3.05) is 0 Å². The van der Waals surface area contributed by atoms with E-state index in [0.29, 0.717) is 17.7 Å². The van der Waals surface area contributed by atoms with Crippen molar-refractivity contribution in [3.8, 4) is 0 Å². The zero-order valence-electron chi connectivity index (χ0n) is 10.7. The number of hydrazine groups is 1. The third-order valence-corrected chi connectivity index (χ3v) is 3.61. The van der Waals surface area contributed by atoms with Crippen molar-refractivity contribution in [2.45, 2.75) is 31.2 Å². The Kier molecular flexibility index (Phi) is 3.44. The molecule has 1 aliphatic carbocycles. The molecule has 0 atom stereocenters. The molecule has 6 nitrogen and oxygen atoms in total. The summed E-state index contributed by atoms with van der Waals surface area (Å²) in [7, 11) is 0. The molecule has 0 bridgehead atoms. The van der Waals surface area contributed by atoms with Gasteiger partial charge in [-0.15, -0.1) is 6.58 Å². The van der Waals surface area contributed by atoms with E-state index in [9.17, 15) is 9.59 Å². The van der Waals surface area contributed by atoms with Crippen LogP contribution in [0.25, 0.3) is 0 Å². The monoisotopic (exact) mass is 262 g/mol. The molecule has 0 unspecified atom stereocenters. The van der Waals surface area contributed by atoms with Gasteiger partial charge in [-0.3, -0.25) is 14.6 Å². The molecule has 2 amide bonds. The molecule has 0 saturated heterocycles. The maximum absolute atomic E-state index is 11.4. The van der Waals surface area contributed by atoms with Crippen LogP contribution in [0.2, 0.25) is 0 Å². The minimum absolute atomic E-state index is 0.245. The minimum atomic E-state index is -0.550. The summed E-state index contributed by atoms with van der Waals surface area (Å²) >= 11 is 0. The molecule has 0 aromatic carbocycles. The van der Waals surface area contributed by atoms with E-state index in [4.69, 9.17) is 11.5 Å². The number of hydrogen-bond donors (Lipinski definition) is 3. The maximum atomic E-state index is 11.4. The molecule has 6 heteroatoms. The van der Waals surface area contributed by atoms with Crippen LogP contribution in [0, 0.1) is 0 Å². The van der Waals surface area contributed by atoms with Gasteiger partial charge in [0.05, 0.1) is 5.54 Å². The zero-order chi connectivity index (χ0) is 14.0. The van der Waals surface area contributed by atoms with Gasteiger partial charge in [-0.1, -0.05) is 6.08 Å². The summed E-state index contributed by atoms with van der Waals surface area (Å²) in [6, 6.07) is 0. The fourth-order valence-electron chi connectivity index (χ4n) is 2.22. The van der Waals surface area contributed by atoms with Gasteiger partial charge in [0.1, 0.15) is 5.70 Å². The van der Waals surface area contributed by atoms with Crippen LogP contribution in [0.3, 0.4) is 0 Å². The standard InChI is InChI=1S/C13H18N4O2/c1-2-13(6-3-7-13)16-17-8-9(11(14)18)4-5-10(17)12(15)19/h2,5,8,16H,1,3-4,6-7H2,(H2,14,18)(H2,15,19). The predicted molar refractivity (Wildman–Crippen MR) is 70.9 cm³/mol. The highest BCUT2D eigenvalue weighted by Gasteiger charge is 2.36. The number of carbonyl (C=O) groups excluding carboxylic acids is 2. The number of amides is 2. The fraction of sp³-hybridized carbons (Fsp3) is 0.385. The first-order valence-electron chi connectivity index (χ1n) is 6.18. The van der Waals surface area contributed by atoms with Crippen LogP contribution in [0.4, 0.5) is 0 Å².